The number of ether oxygens (including phenoxy) is 2. The summed E-state index contributed by atoms with van der Waals surface area (Å²) in [6, 6.07) is 12.6. The molecule has 0 spiro atoms. The van der Waals surface area contributed by atoms with Gasteiger partial charge in [0.15, 0.2) is 0 Å². The zero-order valence-corrected chi connectivity index (χ0v) is 15.5. The van der Waals surface area contributed by atoms with Crippen molar-refractivity contribution >= 4 is 5.91 Å². The first-order valence-electron chi connectivity index (χ1n) is 9.21. The molecule has 0 unspecified atom stereocenters. The van der Waals surface area contributed by atoms with Gasteiger partial charge < -0.3 is 14.4 Å². The molecule has 2 heterocycles. The molecule has 7 nitrogen and oxygen atoms in total. The Morgan fingerprint density at radius 1 is 1.15 bits per heavy atom. The summed E-state index contributed by atoms with van der Waals surface area (Å²) >= 11 is 0. The Balaban J connectivity index is 1.53. The highest BCUT2D eigenvalue weighted by Gasteiger charge is 2.25. The second kappa shape index (κ2) is 9.32. The smallest absolute Gasteiger partial charge is 0.274 e. The maximum absolute atomic E-state index is 12.7. The van der Waals surface area contributed by atoms with Crippen LogP contribution in [0.15, 0.2) is 47.3 Å². The third-order valence-electron chi connectivity index (χ3n) is 4.72. The minimum atomic E-state index is -0.236. The van der Waals surface area contributed by atoms with Crippen molar-refractivity contribution in [3.63, 3.8) is 0 Å². The largest absolute Gasteiger partial charge is 0.493 e. The molecule has 0 atom stereocenters. The Kier molecular flexibility index (Phi) is 6.59. The zero-order chi connectivity index (χ0) is 19.1. The number of piperidine rings is 1. The van der Waals surface area contributed by atoms with Gasteiger partial charge in [0, 0.05) is 26.3 Å². The van der Waals surface area contributed by atoms with Crippen molar-refractivity contribution in [2.75, 3.05) is 33.4 Å². The van der Waals surface area contributed by atoms with E-state index in [9.17, 15) is 9.59 Å². The van der Waals surface area contributed by atoms with E-state index in [1.54, 1.807) is 12.0 Å². The maximum atomic E-state index is 12.7. The summed E-state index contributed by atoms with van der Waals surface area (Å²) in [5.41, 5.74) is 0.0602. The number of carbonyl (C=O) groups excluding carboxylic acids is 1. The Morgan fingerprint density at radius 3 is 2.59 bits per heavy atom. The average molecular weight is 371 g/mol. The number of likely N-dealkylation sites (tertiary alicyclic amines) is 1. The van der Waals surface area contributed by atoms with Crippen molar-refractivity contribution in [3.05, 3.63) is 58.5 Å². The van der Waals surface area contributed by atoms with Gasteiger partial charge in [0.1, 0.15) is 11.4 Å². The lowest BCUT2D eigenvalue weighted by atomic mass is 9.97. The Labute approximate surface area is 158 Å². The molecule has 27 heavy (non-hydrogen) atoms. The molecule has 1 aliphatic heterocycles. The lowest BCUT2D eigenvalue weighted by Gasteiger charge is -2.31. The molecule has 1 aromatic carbocycles. The number of carbonyl (C=O) groups is 1. The molecule has 144 valence electrons. The summed E-state index contributed by atoms with van der Waals surface area (Å²) < 4.78 is 12.1. The highest BCUT2D eigenvalue weighted by molar-refractivity contribution is 5.92. The molecular formula is C20H25N3O4. The summed E-state index contributed by atoms with van der Waals surface area (Å²) in [5.74, 6) is 1.17. The predicted molar refractivity (Wildman–Crippen MR) is 101 cm³/mol. The van der Waals surface area contributed by atoms with E-state index in [1.807, 2.05) is 30.3 Å². The molecule has 1 saturated heterocycles. The molecule has 0 saturated carbocycles. The molecular weight excluding hydrogens is 346 g/mol. The van der Waals surface area contributed by atoms with Crippen LogP contribution in [0.1, 0.15) is 23.3 Å². The molecule has 0 N–H and O–H groups in total. The minimum Gasteiger partial charge on any atom is -0.493 e. The fourth-order valence-electron chi connectivity index (χ4n) is 3.10. The normalized spacial score (nSPS) is 14.9. The number of amides is 1. The van der Waals surface area contributed by atoms with Gasteiger partial charge in [-0.2, -0.15) is 5.10 Å². The van der Waals surface area contributed by atoms with E-state index >= 15 is 0 Å². The number of hydrogen-bond donors (Lipinski definition) is 0. The lowest BCUT2D eigenvalue weighted by molar-refractivity contribution is 0.0651. The first kappa shape index (κ1) is 19.1. The van der Waals surface area contributed by atoms with E-state index in [0.29, 0.717) is 44.5 Å². The van der Waals surface area contributed by atoms with Gasteiger partial charge in [-0.05, 0) is 37.0 Å². The van der Waals surface area contributed by atoms with Crippen molar-refractivity contribution in [3.8, 4) is 5.75 Å². The van der Waals surface area contributed by atoms with Crippen LogP contribution in [0, 0.1) is 5.92 Å². The Bertz CT molecular complexity index is 798. The molecule has 1 aromatic heterocycles. The minimum absolute atomic E-state index is 0.136. The third-order valence-corrected chi connectivity index (χ3v) is 4.72. The fraction of sp³-hybridized carbons (Fsp3) is 0.450. The van der Waals surface area contributed by atoms with Crippen molar-refractivity contribution < 1.29 is 14.3 Å². The van der Waals surface area contributed by atoms with E-state index in [0.717, 1.165) is 18.6 Å². The number of methoxy groups -OCH3 is 1. The second-order valence-corrected chi connectivity index (χ2v) is 6.63. The van der Waals surface area contributed by atoms with Gasteiger partial charge in [-0.25, -0.2) is 4.68 Å². The molecule has 1 fully saturated rings. The molecule has 3 rings (SSSR count). The number of rotatable bonds is 7. The summed E-state index contributed by atoms with van der Waals surface area (Å²) in [6.45, 7) is 2.69. The van der Waals surface area contributed by atoms with E-state index in [4.69, 9.17) is 9.47 Å². The summed E-state index contributed by atoms with van der Waals surface area (Å²) in [7, 11) is 1.56. The van der Waals surface area contributed by atoms with Crippen LogP contribution < -0.4 is 10.3 Å². The van der Waals surface area contributed by atoms with E-state index in [-0.39, 0.29) is 11.5 Å². The second-order valence-electron chi connectivity index (χ2n) is 6.63. The van der Waals surface area contributed by atoms with Crippen LogP contribution in [0.3, 0.4) is 0 Å². The first-order valence-corrected chi connectivity index (χ1v) is 9.21. The SMILES string of the molecule is COCCn1nc(C(=O)N2CCC(COc3ccccc3)CC2)ccc1=O. The quantitative estimate of drug-likeness (QED) is 0.742. The number of hydrogen-bond acceptors (Lipinski definition) is 5. The molecule has 0 aliphatic carbocycles. The number of benzene rings is 1. The highest BCUT2D eigenvalue weighted by atomic mass is 16.5. The summed E-state index contributed by atoms with van der Waals surface area (Å²) in [5, 5.41) is 4.19. The van der Waals surface area contributed by atoms with Crippen LogP contribution in [-0.2, 0) is 11.3 Å². The van der Waals surface area contributed by atoms with Crippen molar-refractivity contribution in [1.29, 1.82) is 0 Å². The van der Waals surface area contributed by atoms with Crippen LogP contribution in [-0.4, -0.2) is 54.0 Å². The monoisotopic (exact) mass is 371 g/mol. The Hall–Kier alpha value is -2.67. The average Bonchev–Trinajstić information content (AvgIpc) is 2.72. The number of para-hydroxylation sites is 1. The molecule has 7 heteroatoms. The van der Waals surface area contributed by atoms with Crippen molar-refractivity contribution in [2.45, 2.75) is 19.4 Å². The highest BCUT2D eigenvalue weighted by Crippen LogP contribution is 2.20. The van der Waals surface area contributed by atoms with Gasteiger partial charge in [-0.3, -0.25) is 9.59 Å². The zero-order valence-electron chi connectivity index (χ0n) is 15.5. The molecule has 1 aliphatic rings. The van der Waals surface area contributed by atoms with Crippen LogP contribution >= 0.6 is 0 Å². The van der Waals surface area contributed by atoms with E-state index < -0.39 is 0 Å². The van der Waals surface area contributed by atoms with Gasteiger partial charge >= 0.3 is 0 Å². The lowest BCUT2D eigenvalue weighted by Crippen LogP contribution is -2.40. The van der Waals surface area contributed by atoms with Crippen LogP contribution in [0.2, 0.25) is 0 Å². The topological polar surface area (TPSA) is 73.7 Å². The fourth-order valence-corrected chi connectivity index (χ4v) is 3.10. The molecule has 0 bridgehead atoms. The van der Waals surface area contributed by atoms with Gasteiger partial charge in [0.05, 0.1) is 19.8 Å². The summed E-state index contributed by atoms with van der Waals surface area (Å²) in [4.78, 5) is 26.3. The van der Waals surface area contributed by atoms with Crippen molar-refractivity contribution in [2.24, 2.45) is 5.92 Å². The van der Waals surface area contributed by atoms with E-state index in [2.05, 4.69) is 5.10 Å². The van der Waals surface area contributed by atoms with Crippen LogP contribution in [0.25, 0.3) is 0 Å². The van der Waals surface area contributed by atoms with Crippen LogP contribution in [0.5, 0.6) is 5.75 Å². The first-order chi connectivity index (χ1) is 13.2. The standard InChI is InChI=1S/C20H25N3O4/c1-26-14-13-23-19(24)8-7-18(21-23)20(25)22-11-9-16(10-12-22)15-27-17-5-3-2-4-6-17/h2-8,16H,9-15H2,1H3. The van der Waals surface area contributed by atoms with Crippen LogP contribution in [0.4, 0.5) is 0 Å². The van der Waals surface area contributed by atoms with E-state index in [1.165, 1.54) is 16.8 Å². The number of aromatic nitrogens is 2. The van der Waals surface area contributed by atoms with Gasteiger partial charge in [0.2, 0.25) is 0 Å². The molecule has 0 radical (unpaired) electrons. The van der Waals surface area contributed by atoms with Gasteiger partial charge in [-0.15, -0.1) is 0 Å². The van der Waals surface area contributed by atoms with Gasteiger partial charge in [0.25, 0.3) is 11.5 Å². The van der Waals surface area contributed by atoms with Crippen molar-refractivity contribution in [1.82, 2.24) is 14.7 Å². The predicted octanol–water partition coefficient (Wildman–Crippen LogP) is 1.82. The maximum Gasteiger partial charge on any atom is 0.274 e. The third kappa shape index (κ3) is 5.17. The Morgan fingerprint density at radius 2 is 1.89 bits per heavy atom. The van der Waals surface area contributed by atoms with Gasteiger partial charge in [-0.1, -0.05) is 18.2 Å². The number of nitrogens with zero attached hydrogens (tertiary/aromatic N) is 3. The summed E-state index contributed by atoms with van der Waals surface area (Å²) in [6.07, 6.45) is 1.78. The molecule has 1 amide bonds. The molecule has 2 aromatic rings.